The van der Waals surface area contributed by atoms with Gasteiger partial charge in [0.05, 0.1) is 4.92 Å². The molecule has 0 aliphatic carbocycles. The summed E-state index contributed by atoms with van der Waals surface area (Å²) in [4.78, 5) is 20.2. The molecule has 0 amide bonds. The van der Waals surface area contributed by atoms with Gasteiger partial charge in [-0.3, -0.25) is 10.1 Å². The van der Waals surface area contributed by atoms with Gasteiger partial charge >= 0.3 is 5.69 Å². The van der Waals surface area contributed by atoms with Crippen LogP contribution in [0.25, 0.3) is 0 Å². The first-order chi connectivity index (χ1) is 9.16. The Bertz CT molecular complexity index is 447. The molecule has 1 aliphatic heterocycles. The Morgan fingerprint density at radius 3 is 2.89 bits per heavy atom. The summed E-state index contributed by atoms with van der Waals surface area (Å²) in [5, 5.41) is 13.8. The SMILES string of the molecule is Nc1ncc([N+](=O)[O-])c(NCCCN2CCCC2)n1. The van der Waals surface area contributed by atoms with Crippen LogP contribution < -0.4 is 11.1 Å². The summed E-state index contributed by atoms with van der Waals surface area (Å²) in [6.07, 6.45) is 4.58. The monoisotopic (exact) mass is 266 g/mol. The number of nitrogens with one attached hydrogen (secondary N) is 1. The van der Waals surface area contributed by atoms with Crippen LogP contribution in [-0.4, -0.2) is 46.0 Å². The molecule has 0 atom stereocenters. The second-order valence-corrected chi connectivity index (χ2v) is 4.55. The van der Waals surface area contributed by atoms with Crippen LogP contribution in [0.15, 0.2) is 6.20 Å². The number of aromatic nitrogens is 2. The van der Waals surface area contributed by atoms with Crippen molar-refractivity contribution >= 4 is 17.5 Å². The largest absolute Gasteiger partial charge is 0.368 e. The molecular formula is C11H18N6O2. The number of hydrogen-bond donors (Lipinski definition) is 2. The average molecular weight is 266 g/mol. The van der Waals surface area contributed by atoms with Crippen molar-refractivity contribution in [2.45, 2.75) is 19.3 Å². The fraction of sp³-hybridized carbons (Fsp3) is 0.636. The highest BCUT2D eigenvalue weighted by molar-refractivity contribution is 5.56. The quantitative estimate of drug-likeness (QED) is 0.446. The topological polar surface area (TPSA) is 110 Å². The van der Waals surface area contributed by atoms with E-state index in [1.807, 2.05) is 0 Å². The fourth-order valence-corrected chi connectivity index (χ4v) is 2.17. The Labute approximate surface area is 111 Å². The molecule has 0 saturated carbocycles. The van der Waals surface area contributed by atoms with Gasteiger partial charge in [0.1, 0.15) is 6.20 Å². The number of likely N-dealkylation sites (tertiary alicyclic amines) is 1. The van der Waals surface area contributed by atoms with E-state index in [1.165, 1.54) is 12.8 Å². The van der Waals surface area contributed by atoms with Gasteiger partial charge in [0.25, 0.3) is 0 Å². The summed E-state index contributed by atoms with van der Waals surface area (Å²) < 4.78 is 0. The van der Waals surface area contributed by atoms with Gasteiger partial charge < -0.3 is 16.0 Å². The van der Waals surface area contributed by atoms with Gasteiger partial charge in [0.2, 0.25) is 11.8 Å². The van der Waals surface area contributed by atoms with Crippen molar-refractivity contribution in [3.63, 3.8) is 0 Å². The Morgan fingerprint density at radius 1 is 1.47 bits per heavy atom. The van der Waals surface area contributed by atoms with E-state index in [9.17, 15) is 10.1 Å². The van der Waals surface area contributed by atoms with Crippen molar-refractivity contribution in [3.8, 4) is 0 Å². The number of nitrogens with zero attached hydrogens (tertiary/aromatic N) is 4. The second kappa shape index (κ2) is 6.28. The molecule has 1 aromatic rings. The van der Waals surface area contributed by atoms with Crippen LogP contribution in [0.2, 0.25) is 0 Å². The highest BCUT2D eigenvalue weighted by Crippen LogP contribution is 2.20. The Kier molecular flexibility index (Phi) is 4.45. The minimum atomic E-state index is -0.512. The molecule has 19 heavy (non-hydrogen) atoms. The van der Waals surface area contributed by atoms with Crippen molar-refractivity contribution in [2.75, 3.05) is 37.2 Å². The fourth-order valence-electron chi connectivity index (χ4n) is 2.17. The van der Waals surface area contributed by atoms with E-state index in [-0.39, 0.29) is 17.5 Å². The van der Waals surface area contributed by atoms with E-state index in [0.29, 0.717) is 6.54 Å². The molecule has 0 radical (unpaired) electrons. The zero-order chi connectivity index (χ0) is 13.7. The van der Waals surface area contributed by atoms with Crippen LogP contribution in [0, 0.1) is 10.1 Å². The van der Waals surface area contributed by atoms with E-state index in [1.54, 1.807) is 0 Å². The molecule has 1 aliphatic rings. The standard InChI is InChI=1S/C11H18N6O2/c12-11-14-8-9(17(18)19)10(15-11)13-4-3-7-16-5-1-2-6-16/h8H,1-7H2,(H3,12,13,14,15). The molecule has 0 unspecified atom stereocenters. The van der Waals surface area contributed by atoms with Crippen LogP contribution in [0.4, 0.5) is 17.5 Å². The number of nitro groups is 1. The maximum atomic E-state index is 10.8. The molecular weight excluding hydrogens is 248 g/mol. The minimum Gasteiger partial charge on any atom is -0.368 e. The van der Waals surface area contributed by atoms with Crippen LogP contribution >= 0.6 is 0 Å². The molecule has 8 nitrogen and oxygen atoms in total. The van der Waals surface area contributed by atoms with Crippen LogP contribution in [0.3, 0.4) is 0 Å². The normalized spacial score (nSPS) is 15.6. The molecule has 2 heterocycles. The van der Waals surface area contributed by atoms with Gasteiger partial charge in [0.15, 0.2) is 0 Å². The Morgan fingerprint density at radius 2 is 2.21 bits per heavy atom. The van der Waals surface area contributed by atoms with E-state index >= 15 is 0 Å². The van der Waals surface area contributed by atoms with Gasteiger partial charge in [-0.2, -0.15) is 4.98 Å². The zero-order valence-electron chi connectivity index (χ0n) is 10.7. The van der Waals surface area contributed by atoms with Crippen molar-refractivity contribution in [3.05, 3.63) is 16.3 Å². The molecule has 0 spiro atoms. The molecule has 0 bridgehead atoms. The lowest BCUT2D eigenvalue weighted by Crippen LogP contribution is -2.22. The predicted molar refractivity (Wildman–Crippen MR) is 71.9 cm³/mol. The number of rotatable bonds is 6. The van der Waals surface area contributed by atoms with Crippen molar-refractivity contribution in [2.24, 2.45) is 0 Å². The van der Waals surface area contributed by atoms with Gasteiger partial charge in [-0.1, -0.05) is 0 Å². The highest BCUT2D eigenvalue weighted by atomic mass is 16.6. The van der Waals surface area contributed by atoms with E-state index in [0.717, 1.165) is 32.3 Å². The van der Waals surface area contributed by atoms with Crippen molar-refractivity contribution in [1.29, 1.82) is 0 Å². The minimum absolute atomic E-state index is 0.0349. The number of nitrogen functional groups attached to an aromatic ring is 1. The van der Waals surface area contributed by atoms with Gasteiger partial charge in [-0.05, 0) is 38.9 Å². The third kappa shape index (κ3) is 3.75. The van der Waals surface area contributed by atoms with Gasteiger partial charge in [-0.15, -0.1) is 0 Å². The third-order valence-corrected chi connectivity index (χ3v) is 3.13. The first-order valence-electron chi connectivity index (χ1n) is 6.40. The van der Waals surface area contributed by atoms with Crippen molar-refractivity contribution in [1.82, 2.24) is 14.9 Å². The summed E-state index contributed by atoms with van der Waals surface area (Å²) in [6.45, 7) is 3.94. The number of nitrogens with two attached hydrogens (primary N) is 1. The number of hydrogen-bond acceptors (Lipinski definition) is 7. The lowest BCUT2D eigenvalue weighted by Gasteiger charge is -2.14. The second-order valence-electron chi connectivity index (χ2n) is 4.55. The van der Waals surface area contributed by atoms with Gasteiger partial charge in [0, 0.05) is 6.54 Å². The summed E-state index contributed by atoms with van der Waals surface area (Å²) in [6, 6.07) is 0. The van der Waals surface area contributed by atoms with Crippen LogP contribution in [0.1, 0.15) is 19.3 Å². The molecule has 0 aromatic carbocycles. The lowest BCUT2D eigenvalue weighted by atomic mass is 10.3. The first-order valence-corrected chi connectivity index (χ1v) is 6.40. The number of anilines is 2. The summed E-state index contributed by atoms with van der Waals surface area (Å²) in [5.74, 6) is 0.228. The first kappa shape index (κ1) is 13.5. The maximum Gasteiger partial charge on any atom is 0.329 e. The van der Waals surface area contributed by atoms with Crippen LogP contribution in [-0.2, 0) is 0 Å². The van der Waals surface area contributed by atoms with E-state index < -0.39 is 4.92 Å². The highest BCUT2D eigenvalue weighted by Gasteiger charge is 2.16. The van der Waals surface area contributed by atoms with Gasteiger partial charge in [-0.25, -0.2) is 4.98 Å². The summed E-state index contributed by atoms with van der Waals surface area (Å²) in [5.41, 5.74) is 5.30. The van der Waals surface area contributed by atoms with Crippen LogP contribution in [0.5, 0.6) is 0 Å². The summed E-state index contributed by atoms with van der Waals surface area (Å²) >= 11 is 0. The third-order valence-electron chi connectivity index (χ3n) is 3.13. The molecule has 3 N–H and O–H groups in total. The maximum absolute atomic E-state index is 10.8. The Balaban J connectivity index is 1.84. The zero-order valence-corrected chi connectivity index (χ0v) is 10.7. The summed E-state index contributed by atoms with van der Waals surface area (Å²) in [7, 11) is 0. The lowest BCUT2D eigenvalue weighted by molar-refractivity contribution is -0.384. The van der Waals surface area contributed by atoms with Crippen molar-refractivity contribution < 1.29 is 4.92 Å². The average Bonchev–Trinajstić information content (AvgIpc) is 2.87. The van der Waals surface area contributed by atoms with E-state index in [4.69, 9.17) is 5.73 Å². The molecule has 8 heteroatoms. The molecule has 1 saturated heterocycles. The molecule has 104 valence electrons. The molecule has 1 aromatic heterocycles. The Hall–Kier alpha value is -1.96. The smallest absolute Gasteiger partial charge is 0.329 e. The van der Waals surface area contributed by atoms with E-state index in [2.05, 4.69) is 20.2 Å². The molecule has 1 fully saturated rings. The molecule has 2 rings (SSSR count). The predicted octanol–water partition coefficient (Wildman–Crippen LogP) is 0.865.